The molecule has 0 aromatic rings. The molecule has 1 aliphatic rings. The van der Waals surface area contributed by atoms with Crippen LogP contribution in [-0.2, 0) is 4.79 Å². The predicted octanol–water partition coefficient (Wildman–Crippen LogP) is -0.670. The van der Waals surface area contributed by atoms with E-state index in [9.17, 15) is 9.90 Å². The SMILES string of the molecule is CC1CCC(O)(CNCC(N)C(N)=O)CC1. The molecule has 0 radical (unpaired) electrons. The minimum Gasteiger partial charge on any atom is -0.389 e. The van der Waals surface area contributed by atoms with Gasteiger partial charge in [0.05, 0.1) is 11.6 Å². The standard InChI is InChI=1S/C11H23N3O2/c1-8-2-4-11(16,5-3-8)7-14-6-9(12)10(13)15/h8-9,14,16H,2-7,12H2,1H3,(H2,13,15). The van der Waals surface area contributed by atoms with Crippen LogP contribution < -0.4 is 16.8 Å². The zero-order chi connectivity index (χ0) is 12.2. The van der Waals surface area contributed by atoms with E-state index in [1.165, 1.54) is 0 Å². The monoisotopic (exact) mass is 229 g/mol. The maximum atomic E-state index is 10.7. The number of rotatable bonds is 5. The summed E-state index contributed by atoms with van der Waals surface area (Å²) in [6, 6.07) is -0.675. The highest BCUT2D eigenvalue weighted by molar-refractivity contribution is 5.79. The minimum absolute atomic E-state index is 0.327. The van der Waals surface area contributed by atoms with Gasteiger partial charge in [0.15, 0.2) is 0 Å². The van der Waals surface area contributed by atoms with Crippen molar-refractivity contribution in [2.45, 2.75) is 44.2 Å². The second-order valence-electron chi connectivity index (χ2n) is 5.05. The van der Waals surface area contributed by atoms with Gasteiger partial charge < -0.3 is 21.9 Å². The molecule has 5 nitrogen and oxygen atoms in total. The summed E-state index contributed by atoms with van der Waals surface area (Å²) in [5.41, 5.74) is 9.88. The van der Waals surface area contributed by atoms with Gasteiger partial charge in [-0.15, -0.1) is 0 Å². The Bertz CT molecular complexity index is 237. The van der Waals surface area contributed by atoms with Gasteiger partial charge in [0.25, 0.3) is 0 Å². The van der Waals surface area contributed by atoms with E-state index in [2.05, 4.69) is 12.2 Å². The molecule has 94 valence electrons. The van der Waals surface area contributed by atoms with Crippen molar-refractivity contribution in [3.63, 3.8) is 0 Å². The maximum absolute atomic E-state index is 10.7. The fourth-order valence-electron chi connectivity index (χ4n) is 2.04. The molecule has 0 spiro atoms. The molecule has 1 unspecified atom stereocenters. The van der Waals surface area contributed by atoms with Crippen molar-refractivity contribution >= 4 is 5.91 Å². The quantitative estimate of drug-likeness (QED) is 0.502. The van der Waals surface area contributed by atoms with Crippen molar-refractivity contribution in [3.8, 4) is 0 Å². The van der Waals surface area contributed by atoms with Crippen molar-refractivity contribution in [2.24, 2.45) is 17.4 Å². The van der Waals surface area contributed by atoms with Crippen LogP contribution in [0.15, 0.2) is 0 Å². The largest absolute Gasteiger partial charge is 0.389 e. The van der Waals surface area contributed by atoms with Crippen molar-refractivity contribution in [1.82, 2.24) is 5.32 Å². The molecule has 0 aliphatic heterocycles. The van der Waals surface area contributed by atoms with E-state index in [-0.39, 0.29) is 0 Å². The summed E-state index contributed by atoms with van der Waals surface area (Å²) in [6.45, 7) is 3.02. The number of aliphatic hydroxyl groups is 1. The van der Waals surface area contributed by atoms with E-state index in [4.69, 9.17) is 11.5 Å². The molecule has 1 amide bonds. The van der Waals surface area contributed by atoms with Crippen molar-refractivity contribution < 1.29 is 9.90 Å². The number of hydrogen-bond donors (Lipinski definition) is 4. The van der Waals surface area contributed by atoms with Gasteiger partial charge in [-0.2, -0.15) is 0 Å². The molecule has 5 heteroatoms. The molecule has 1 rings (SSSR count). The molecule has 0 bridgehead atoms. The average Bonchev–Trinajstić information content (AvgIpc) is 2.23. The second-order valence-corrected chi connectivity index (χ2v) is 5.05. The summed E-state index contributed by atoms with van der Waals surface area (Å²) in [5.74, 6) is 0.185. The smallest absolute Gasteiger partial charge is 0.235 e. The minimum atomic E-state index is -0.675. The van der Waals surface area contributed by atoms with Crippen LogP contribution in [0.5, 0.6) is 0 Å². The molecule has 0 saturated heterocycles. The summed E-state index contributed by atoms with van der Waals surface area (Å²) in [6.07, 6.45) is 3.74. The first-order valence-electron chi connectivity index (χ1n) is 5.91. The highest BCUT2D eigenvalue weighted by Crippen LogP contribution is 2.31. The number of carbonyl (C=O) groups is 1. The Hall–Kier alpha value is -0.650. The van der Waals surface area contributed by atoms with Gasteiger partial charge in [-0.3, -0.25) is 4.79 Å². The first kappa shape index (κ1) is 13.4. The Kier molecular flexibility index (Phi) is 4.70. The molecule has 1 fully saturated rings. The van der Waals surface area contributed by atoms with Crippen LogP contribution in [0.1, 0.15) is 32.6 Å². The zero-order valence-corrected chi connectivity index (χ0v) is 9.91. The Morgan fingerprint density at radius 3 is 2.62 bits per heavy atom. The number of nitrogens with two attached hydrogens (primary N) is 2. The molecule has 0 aromatic carbocycles. The van der Waals surface area contributed by atoms with Crippen LogP contribution in [0, 0.1) is 5.92 Å². The van der Waals surface area contributed by atoms with Crippen LogP contribution in [-0.4, -0.2) is 35.7 Å². The topological polar surface area (TPSA) is 101 Å². The Labute approximate surface area is 96.6 Å². The summed E-state index contributed by atoms with van der Waals surface area (Å²) < 4.78 is 0. The Balaban J connectivity index is 2.24. The van der Waals surface area contributed by atoms with Crippen molar-refractivity contribution in [2.75, 3.05) is 13.1 Å². The first-order chi connectivity index (χ1) is 7.43. The van der Waals surface area contributed by atoms with E-state index >= 15 is 0 Å². The van der Waals surface area contributed by atoms with Gasteiger partial charge in [0, 0.05) is 13.1 Å². The lowest BCUT2D eigenvalue weighted by atomic mass is 9.79. The summed E-state index contributed by atoms with van der Waals surface area (Å²) in [5, 5.41) is 13.2. The van der Waals surface area contributed by atoms with Gasteiger partial charge in [0.2, 0.25) is 5.91 Å². The molecule has 1 aliphatic carbocycles. The maximum Gasteiger partial charge on any atom is 0.235 e. The number of amides is 1. The lowest BCUT2D eigenvalue weighted by Gasteiger charge is -2.35. The Morgan fingerprint density at radius 2 is 2.12 bits per heavy atom. The lowest BCUT2D eigenvalue weighted by molar-refractivity contribution is -0.119. The van der Waals surface area contributed by atoms with Gasteiger partial charge in [0.1, 0.15) is 0 Å². The summed E-state index contributed by atoms with van der Waals surface area (Å²) in [7, 11) is 0. The normalized spacial score (nSPS) is 32.3. The summed E-state index contributed by atoms with van der Waals surface area (Å²) >= 11 is 0. The van der Waals surface area contributed by atoms with Crippen LogP contribution in [0.3, 0.4) is 0 Å². The number of primary amides is 1. The number of nitrogens with one attached hydrogen (secondary N) is 1. The highest BCUT2D eigenvalue weighted by atomic mass is 16.3. The zero-order valence-electron chi connectivity index (χ0n) is 9.91. The third kappa shape index (κ3) is 4.08. The van der Waals surface area contributed by atoms with E-state index < -0.39 is 17.6 Å². The second kappa shape index (κ2) is 5.61. The van der Waals surface area contributed by atoms with Gasteiger partial charge in [-0.05, 0) is 31.6 Å². The molecular weight excluding hydrogens is 206 g/mol. The van der Waals surface area contributed by atoms with E-state index in [0.717, 1.165) is 25.7 Å². The molecular formula is C11H23N3O2. The fourth-order valence-corrected chi connectivity index (χ4v) is 2.04. The van der Waals surface area contributed by atoms with Gasteiger partial charge in [-0.25, -0.2) is 0 Å². The van der Waals surface area contributed by atoms with Crippen molar-refractivity contribution in [1.29, 1.82) is 0 Å². The summed E-state index contributed by atoms with van der Waals surface area (Å²) in [4.78, 5) is 10.7. The molecule has 1 saturated carbocycles. The van der Waals surface area contributed by atoms with E-state index in [1.807, 2.05) is 0 Å². The Morgan fingerprint density at radius 1 is 1.56 bits per heavy atom. The van der Waals surface area contributed by atoms with E-state index in [0.29, 0.717) is 19.0 Å². The third-order valence-corrected chi connectivity index (χ3v) is 3.39. The van der Waals surface area contributed by atoms with Crippen LogP contribution in [0.2, 0.25) is 0 Å². The highest BCUT2D eigenvalue weighted by Gasteiger charge is 2.31. The molecule has 6 N–H and O–H groups in total. The molecule has 0 heterocycles. The molecule has 0 aromatic heterocycles. The predicted molar refractivity (Wildman–Crippen MR) is 62.6 cm³/mol. The van der Waals surface area contributed by atoms with E-state index in [1.54, 1.807) is 0 Å². The van der Waals surface area contributed by atoms with Crippen LogP contribution in [0.25, 0.3) is 0 Å². The molecule has 16 heavy (non-hydrogen) atoms. The first-order valence-corrected chi connectivity index (χ1v) is 5.91. The van der Waals surface area contributed by atoms with Crippen LogP contribution in [0.4, 0.5) is 0 Å². The third-order valence-electron chi connectivity index (χ3n) is 3.39. The number of carbonyl (C=O) groups excluding carboxylic acids is 1. The number of hydrogen-bond acceptors (Lipinski definition) is 4. The lowest BCUT2D eigenvalue weighted by Crippen LogP contribution is -2.49. The fraction of sp³-hybridized carbons (Fsp3) is 0.909. The van der Waals surface area contributed by atoms with Crippen LogP contribution >= 0.6 is 0 Å². The van der Waals surface area contributed by atoms with Gasteiger partial charge >= 0.3 is 0 Å². The van der Waals surface area contributed by atoms with Gasteiger partial charge in [-0.1, -0.05) is 6.92 Å². The van der Waals surface area contributed by atoms with Crippen molar-refractivity contribution in [3.05, 3.63) is 0 Å². The average molecular weight is 229 g/mol. The molecule has 1 atom stereocenters.